The van der Waals surface area contributed by atoms with Crippen molar-refractivity contribution in [2.75, 3.05) is 26.2 Å². The minimum absolute atomic E-state index is 0.188. The Morgan fingerprint density at radius 1 is 1.04 bits per heavy atom. The van der Waals surface area contributed by atoms with Gasteiger partial charge in [-0.2, -0.15) is 0 Å². The Morgan fingerprint density at radius 3 is 2.15 bits per heavy atom. The monoisotopic (exact) mass is 375 g/mol. The molecule has 0 bridgehead atoms. The highest BCUT2D eigenvalue weighted by Crippen LogP contribution is 1.97. The number of hydrogen-bond donors (Lipinski definition) is 9. The van der Waals surface area contributed by atoms with Crippen molar-refractivity contribution in [2.45, 2.75) is 24.9 Å². The zero-order valence-electron chi connectivity index (χ0n) is 14.1. The van der Waals surface area contributed by atoms with Crippen LogP contribution >= 0.6 is 0 Å². The molecule has 26 heavy (non-hydrogen) atoms. The summed E-state index contributed by atoms with van der Waals surface area (Å²) < 4.78 is 0. The molecular weight excluding hydrogens is 350 g/mol. The van der Waals surface area contributed by atoms with Crippen molar-refractivity contribution in [3.8, 4) is 0 Å². The summed E-state index contributed by atoms with van der Waals surface area (Å²) in [5.41, 5.74) is 10.3. The number of carboxylic acids is 1. The van der Waals surface area contributed by atoms with Crippen LogP contribution in [0.3, 0.4) is 0 Å². The molecule has 0 aromatic carbocycles. The molecule has 0 aliphatic carbocycles. The number of carbonyl (C=O) groups excluding carboxylic acids is 3. The van der Waals surface area contributed by atoms with Crippen molar-refractivity contribution < 1.29 is 29.4 Å². The quantitative estimate of drug-likeness (QED) is 0.0904. The van der Waals surface area contributed by atoms with Crippen LogP contribution in [0.5, 0.6) is 0 Å². The van der Waals surface area contributed by atoms with E-state index in [9.17, 15) is 19.2 Å². The van der Waals surface area contributed by atoms with Gasteiger partial charge in [-0.3, -0.25) is 19.8 Å². The van der Waals surface area contributed by atoms with Crippen molar-refractivity contribution >= 4 is 29.7 Å². The minimum Gasteiger partial charge on any atom is -0.480 e. The summed E-state index contributed by atoms with van der Waals surface area (Å²) in [4.78, 5) is 45.8. The molecule has 11 N–H and O–H groups in total. The van der Waals surface area contributed by atoms with E-state index in [-0.39, 0.29) is 18.9 Å². The molecule has 13 heteroatoms. The van der Waals surface area contributed by atoms with E-state index in [1.54, 1.807) is 0 Å². The molecule has 2 atom stereocenters. The van der Waals surface area contributed by atoms with Crippen LogP contribution in [0.25, 0.3) is 0 Å². The molecule has 0 aromatic heterocycles. The second-order valence-corrected chi connectivity index (χ2v) is 5.17. The predicted octanol–water partition coefficient (Wildman–Crippen LogP) is -4.63. The fraction of sp³-hybridized carbons (Fsp3) is 0.615. The van der Waals surface area contributed by atoms with Gasteiger partial charge in [0.15, 0.2) is 5.96 Å². The summed E-state index contributed by atoms with van der Waals surface area (Å²) in [6, 6.07) is -2.45. The Hall–Kier alpha value is -2.93. The van der Waals surface area contributed by atoms with E-state index in [1.165, 1.54) is 0 Å². The summed E-state index contributed by atoms with van der Waals surface area (Å²) in [6.45, 7) is -1.36. The van der Waals surface area contributed by atoms with Crippen LogP contribution in [0.1, 0.15) is 12.8 Å². The van der Waals surface area contributed by atoms with Crippen LogP contribution in [0, 0.1) is 5.41 Å². The molecule has 0 spiro atoms. The summed E-state index contributed by atoms with van der Waals surface area (Å²) in [5, 5.41) is 33.8. The number of nitrogens with two attached hydrogens (primary N) is 2. The molecule has 0 aliphatic heterocycles. The van der Waals surface area contributed by atoms with Gasteiger partial charge >= 0.3 is 5.97 Å². The molecule has 0 heterocycles. The molecule has 0 aromatic rings. The van der Waals surface area contributed by atoms with Crippen LogP contribution in [0.4, 0.5) is 0 Å². The van der Waals surface area contributed by atoms with Gasteiger partial charge in [0.1, 0.15) is 12.1 Å². The zero-order valence-corrected chi connectivity index (χ0v) is 14.1. The summed E-state index contributed by atoms with van der Waals surface area (Å²) in [7, 11) is 0. The molecule has 0 radical (unpaired) electrons. The first-order chi connectivity index (χ1) is 12.2. The molecular formula is C13H25N7O6. The van der Waals surface area contributed by atoms with E-state index in [0.29, 0.717) is 13.0 Å². The van der Waals surface area contributed by atoms with Crippen molar-refractivity contribution in [3.63, 3.8) is 0 Å². The van der Waals surface area contributed by atoms with Gasteiger partial charge in [-0.05, 0) is 12.8 Å². The molecule has 13 nitrogen and oxygen atoms in total. The molecule has 3 amide bonds. The number of aliphatic hydroxyl groups is 1. The Labute approximate surface area is 149 Å². The number of aliphatic carboxylic acids is 1. The predicted molar refractivity (Wildman–Crippen MR) is 89.8 cm³/mol. The number of aliphatic hydroxyl groups excluding tert-OH is 1. The van der Waals surface area contributed by atoms with Gasteiger partial charge in [0.05, 0.1) is 19.7 Å². The van der Waals surface area contributed by atoms with E-state index in [1.807, 2.05) is 5.32 Å². The molecule has 0 unspecified atom stereocenters. The Morgan fingerprint density at radius 2 is 1.65 bits per heavy atom. The van der Waals surface area contributed by atoms with Gasteiger partial charge in [0.2, 0.25) is 17.7 Å². The standard InChI is InChI=1S/C13H25N7O6/c14-4-9(22)19-7(2-1-3-17-13(15)16)11(24)18-5-10(23)20-8(6-21)12(25)26/h7-8,21H,1-6,14H2,(H,18,24)(H,19,22)(H,20,23)(H,25,26)(H4,15,16,17)/t7-,8-/m0/s1. The topological polar surface area (TPSA) is 233 Å². The van der Waals surface area contributed by atoms with Crippen LogP contribution < -0.4 is 32.7 Å². The molecule has 0 saturated heterocycles. The first-order valence-corrected chi connectivity index (χ1v) is 7.69. The SMILES string of the molecule is N=C(N)NCCC[C@H](NC(=O)CN)C(=O)NCC(=O)N[C@@H](CO)C(=O)O. The van der Waals surface area contributed by atoms with Crippen molar-refractivity contribution in [2.24, 2.45) is 11.5 Å². The van der Waals surface area contributed by atoms with E-state index >= 15 is 0 Å². The highest BCUT2D eigenvalue weighted by atomic mass is 16.4. The van der Waals surface area contributed by atoms with Crippen molar-refractivity contribution in [3.05, 3.63) is 0 Å². The van der Waals surface area contributed by atoms with Gasteiger partial charge in [0, 0.05) is 6.54 Å². The van der Waals surface area contributed by atoms with E-state index in [0.717, 1.165) is 0 Å². The molecule has 0 fully saturated rings. The van der Waals surface area contributed by atoms with Crippen molar-refractivity contribution in [1.82, 2.24) is 21.3 Å². The smallest absolute Gasteiger partial charge is 0.328 e. The van der Waals surface area contributed by atoms with E-state index < -0.39 is 48.9 Å². The summed E-state index contributed by atoms with van der Waals surface area (Å²) >= 11 is 0. The second-order valence-electron chi connectivity index (χ2n) is 5.17. The lowest BCUT2D eigenvalue weighted by Crippen LogP contribution is -2.52. The number of carbonyl (C=O) groups is 4. The Bertz CT molecular complexity index is 527. The molecule has 148 valence electrons. The summed E-state index contributed by atoms with van der Waals surface area (Å²) in [5.74, 6) is -3.70. The molecule has 0 rings (SSSR count). The number of carboxylic acid groups (broad SMARTS) is 1. The number of hydrogen-bond acceptors (Lipinski definition) is 7. The van der Waals surface area contributed by atoms with Gasteiger partial charge < -0.3 is 42.9 Å². The third-order valence-corrected chi connectivity index (χ3v) is 3.06. The minimum atomic E-state index is -1.48. The second kappa shape index (κ2) is 12.4. The fourth-order valence-corrected chi connectivity index (χ4v) is 1.77. The van der Waals surface area contributed by atoms with Gasteiger partial charge in [-0.15, -0.1) is 0 Å². The van der Waals surface area contributed by atoms with Gasteiger partial charge in [0.25, 0.3) is 0 Å². The maximum absolute atomic E-state index is 12.1. The average molecular weight is 375 g/mol. The van der Waals surface area contributed by atoms with Crippen molar-refractivity contribution in [1.29, 1.82) is 5.41 Å². The number of nitrogens with one attached hydrogen (secondary N) is 5. The Balaban J connectivity index is 4.55. The van der Waals surface area contributed by atoms with Gasteiger partial charge in [-0.25, -0.2) is 4.79 Å². The summed E-state index contributed by atoms with van der Waals surface area (Å²) in [6.07, 6.45) is 0.578. The third-order valence-electron chi connectivity index (χ3n) is 3.06. The first kappa shape index (κ1) is 23.1. The highest BCUT2D eigenvalue weighted by Gasteiger charge is 2.22. The maximum Gasteiger partial charge on any atom is 0.328 e. The van der Waals surface area contributed by atoms with Crippen LogP contribution in [-0.4, -0.2) is 78.2 Å². The van der Waals surface area contributed by atoms with Crippen LogP contribution in [0.15, 0.2) is 0 Å². The maximum atomic E-state index is 12.1. The van der Waals surface area contributed by atoms with Gasteiger partial charge in [-0.1, -0.05) is 0 Å². The lowest BCUT2D eigenvalue weighted by Gasteiger charge is -2.18. The van der Waals surface area contributed by atoms with E-state index in [4.69, 9.17) is 27.1 Å². The number of rotatable bonds is 12. The lowest BCUT2D eigenvalue weighted by atomic mass is 10.1. The largest absolute Gasteiger partial charge is 0.480 e. The third kappa shape index (κ3) is 10.0. The number of amides is 3. The van der Waals surface area contributed by atoms with Crippen LogP contribution in [-0.2, 0) is 19.2 Å². The highest BCUT2D eigenvalue weighted by molar-refractivity contribution is 5.91. The molecule has 0 aliphatic rings. The van der Waals surface area contributed by atoms with Crippen LogP contribution in [0.2, 0.25) is 0 Å². The van der Waals surface area contributed by atoms with E-state index in [2.05, 4.69) is 16.0 Å². The Kier molecular flexibility index (Phi) is 11.0. The first-order valence-electron chi connectivity index (χ1n) is 7.69. The molecule has 0 saturated carbocycles. The normalized spacial score (nSPS) is 12.4. The fourth-order valence-electron chi connectivity index (χ4n) is 1.77. The lowest BCUT2D eigenvalue weighted by molar-refractivity contribution is -0.142. The zero-order chi connectivity index (χ0) is 20.1. The number of guanidine groups is 1. The average Bonchev–Trinajstić information content (AvgIpc) is 2.59.